The number of hydrogen-bond donors (Lipinski definition) is 1. The first-order valence-corrected chi connectivity index (χ1v) is 9.10. The third kappa shape index (κ3) is 3.40. The molecule has 0 bridgehead atoms. The van der Waals surface area contributed by atoms with Gasteiger partial charge in [-0.1, -0.05) is 42.5 Å². The Morgan fingerprint density at radius 1 is 1.07 bits per heavy atom. The summed E-state index contributed by atoms with van der Waals surface area (Å²) in [7, 11) is 1.51. The lowest BCUT2D eigenvalue weighted by atomic mass is 9.99. The van der Waals surface area contributed by atoms with E-state index in [1.54, 1.807) is 36.4 Å². The van der Waals surface area contributed by atoms with Gasteiger partial charge < -0.3 is 19.2 Å². The quantitative estimate of drug-likeness (QED) is 0.407. The molecule has 1 atom stereocenters. The average molecular weight is 389 g/mol. The Morgan fingerprint density at radius 2 is 1.86 bits per heavy atom. The maximum atomic E-state index is 12.9. The number of hydrogen-bond acceptors (Lipinski definition) is 5. The van der Waals surface area contributed by atoms with Gasteiger partial charge in [0.2, 0.25) is 0 Å². The summed E-state index contributed by atoms with van der Waals surface area (Å²) in [6.45, 7) is 0.214. The molecule has 146 valence electrons. The van der Waals surface area contributed by atoms with Crippen molar-refractivity contribution in [3.05, 3.63) is 95.5 Å². The van der Waals surface area contributed by atoms with Gasteiger partial charge in [0, 0.05) is 12.1 Å². The van der Waals surface area contributed by atoms with Gasteiger partial charge in [-0.2, -0.15) is 0 Å². The molecule has 1 amide bonds. The summed E-state index contributed by atoms with van der Waals surface area (Å²) in [4.78, 5) is 27.2. The third-order valence-electron chi connectivity index (χ3n) is 4.89. The zero-order valence-corrected chi connectivity index (χ0v) is 15.7. The van der Waals surface area contributed by atoms with Crippen molar-refractivity contribution in [2.45, 2.75) is 12.6 Å². The summed E-state index contributed by atoms with van der Waals surface area (Å²) in [5.41, 5.74) is 1.25. The molecule has 6 nitrogen and oxygen atoms in total. The second kappa shape index (κ2) is 7.67. The van der Waals surface area contributed by atoms with Crippen LogP contribution in [0.25, 0.3) is 5.76 Å². The number of carbonyl (C=O) groups excluding carboxylic acids is 2. The first kappa shape index (κ1) is 18.6. The minimum Gasteiger partial charge on any atom is -0.507 e. The van der Waals surface area contributed by atoms with Crippen LogP contribution in [0.5, 0.6) is 5.75 Å². The topological polar surface area (TPSA) is 80.0 Å². The van der Waals surface area contributed by atoms with Gasteiger partial charge in [0.1, 0.15) is 23.3 Å². The molecule has 0 radical (unpaired) electrons. The number of ether oxygens (including phenoxy) is 1. The first-order valence-electron chi connectivity index (χ1n) is 9.10. The van der Waals surface area contributed by atoms with Crippen molar-refractivity contribution >= 4 is 17.4 Å². The summed E-state index contributed by atoms with van der Waals surface area (Å²) in [5.74, 6) is -0.756. The minimum atomic E-state index is -0.823. The Bertz CT molecular complexity index is 1070. The highest BCUT2D eigenvalue weighted by molar-refractivity contribution is 6.46. The number of rotatable bonds is 5. The molecule has 6 heteroatoms. The van der Waals surface area contributed by atoms with Crippen LogP contribution in [0, 0.1) is 0 Å². The van der Waals surface area contributed by atoms with E-state index in [1.807, 2.05) is 30.3 Å². The molecule has 1 N–H and O–H groups in total. The molecule has 1 aliphatic rings. The van der Waals surface area contributed by atoms with Gasteiger partial charge in [0.15, 0.2) is 0 Å². The van der Waals surface area contributed by atoms with Crippen LogP contribution in [0.1, 0.15) is 22.9 Å². The van der Waals surface area contributed by atoms with Crippen molar-refractivity contribution < 1.29 is 23.8 Å². The van der Waals surface area contributed by atoms with E-state index in [9.17, 15) is 14.7 Å². The van der Waals surface area contributed by atoms with Crippen molar-refractivity contribution in [3.8, 4) is 5.75 Å². The lowest BCUT2D eigenvalue weighted by molar-refractivity contribution is -0.140. The molecule has 0 aliphatic carbocycles. The Kier molecular flexibility index (Phi) is 4.91. The smallest absolute Gasteiger partial charge is 0.296 e. The van der Waals surface area contributed by atoms with E-state index in [2.05, 4.69) is 0 Å². The summed E-state index contributed by atoms with van der Waals surface area (Å²) in [6.07, 6.45) is 1.48. The largest absolute Gasteiger partial charge is 0.507 e. The average Bonchev–Trinajstić information content (AvgIpc) is 3.37. The number of methoxy groups -OCH3 is 1. The van der Waals surface area contributed by atoms with Gasteiger partial charge in [-0.3, -0.25) is 9.59 Å². The van der Waals surface area contributed by atoms with Gasteiger partial charge >= 0.3 is 0 Å². The molecule has 2 aromatic carbocycles. The molecule has 0 spiro atoms. The maximum Gasteiger partial charge on any atom is 0.296 e. The molecule has 1 fully saturated rings. The van der Waals surface area contributed by atoms with E-state index < -0.39 is 17.7 Å². The van der Waals surface area contributed by atoms with Crippen molar-refractivity contribution in [1.29, 1.82) is 0 Å². The molecule has 1 unspecified atom stereocenters. The number of likely N-dealkylation sites (tertiary alicyclic amines) is 1. The van der Waals surface area contributed by atoms with Crippen LogP contribution in [0.3, 0.4) is 0 Å². The van der Waals surface area contributed by atoms with Crippen LogP contribution in [-0.2, 0) is 16.1 Å². The van der Waals surface area contributed by atoms with E-state index in [0.717, 1.165) is 5.56 Å². The highest BCUT2D eigenvalue weighted by Crippen LogP contribution is 2.40. The Hall–Kier alpha value is -3.80. The van der Waals surface area contributed by atoms with Crippen LogP contribution >= 0.6 is 0 Å². The first-order chi connectivity index (χ1) is 14.1. The summed E-state index contributed by atoms with van der Waals surface area (Å²) < 4.78 is 10.7. The third-order valence-corrected chi connectivity index (χ3v) is 4.89. The summed E-state index contributed by atoms with van der Waals surface area (Å²) in [5, 5.41) is 11.0. The van der Waals surface area contributed by atoms with Crippen molar-refractivity contribution in [1.82, 2.24) is 4.90 Å². The number of aliphatic hydroxyl groups is 1. The zero-order valence-electron chi connectivity index (χ0n) is 15.7. The van der Waals surface area contributed by atoms with E-state index in [4.69, 9.17) is 9.15 Å². The number of furan rings is 1. The second-order valence-corrected chi connectivity index (χ2v) is 6.66. The van der Waals surface area contributed by atoms with E-state index >= 15 is 0 Å². The molecule has 1 saturated heterocycles. The van der Waals surface area contributed by atoms with Gasteiger partial charge in [-0.05, 0) is 29.8 Å². The lowest BCUT2D eigenvalue weighted by Crippen LogP contribution is -2.29. The van der Waals surface area contributed by atoms with Crippen molar-refractivity contribution in [2.24, 2.45) is 0 Å². The number of amides is 1. The van der Waals surface area contributed by atoms with Gasteiger partial charge in [0.25, 0.3) is 11.7 Å². The van der Waals surface area contributed by atoms with E-state index in [-0.39, 0.29) is 17.9 Å². The number of carbonyl (C=O) groups is 2. The van der Waals surface area contributed by atoms with Gasteiger partial charge in [-0.25, -0.2) is 0 Å². The Morgan fingerprint density at radius 3 is 2.55 bits per heavy atom. The Labute approximate surface area is 167 Å². The highest BCUT2D eigenvalue weighted by Gasteiger charge is 2.47. The Balaban J connectivity index is 1.83. The zero-order chi connectivity index (χ0) is 20.4. The molecular weight excluding hydrogens is 370 g/mol. The fraction of sp³-hybridized carbons (Fsp3) is 0.130. The molecule has 1 aliphatic heterocycles. The summed E-state index contributed by atoms with van der Waals surface area (Å²) >= 11 is 0. The monoisotopic (exact) mass is 389 g/mol. The summed E-state index contributed by atoms with van der Waals surface area (Å²) in [6, 6.07) is 18.6. The molecule has 2 heterocycles. The number of benzene rings is 2. The fourth-order valence-corrected chi connectivity index (χ4v) is 3.49. The molecule has 0 saturated carbocycles. The van der Waals surface area contributed by atoms with E-state index in [1.165, 1.54) is 18.3 Å². The number of Topliss-reactive ketones (excluding diaryl/α,β-unsaturated/α-hetero) is 1. The fourth-order valence-electron chi connectivity index (χ4n) is 3.49. The van der Waals surface area contributed by atoms with Crippen LogP contribution in [0.4, 0.5) is 0 Å². The lowest BCUT2D eigenvalue weighted by Gasteiger charge is -2.23. The number of aliphatic hydroxyl groups excluding tert-OH is 1. The van der Waals surface area contributed by atoms with Crippen LogP contribution in [0.15, 0.2) is 83.0 Å². The van der Waals surface area contributed by atoms with Crippen LogP contribution < -0.4 is 4.74 Å². The van der Waals surface area contributed by atoms with Crippen LogP contribution in [0.2, 0.25) is 0 Å². The second-order valence-electron chi connectivity index (χ2n) is 6.66. The van der Waals surface area contributed by atoms with Crippen LogP contribution in [-0.4, -0.2) is 28.8 Å². The number of ketones is 1. The standard InChI is InChI=1S/C23H19NO5/c1-28-17-10-5-9-16(13-17)21(25)19-20(18-11-6-12-29-18)24(23(27)22(19)26)14-15-7-3-2-4-8-15/h2-13,20,25H,14H2,1H3. The molecule has 1 aromatic heterocycles. The van der Waals surface area contributed by atoms with Crippen molar-refractivity contribution in [3.63, 3.8) is 0 Å². The SMILES string of the molecule is COc1cccc(C(O)=C2C(=O)C(=O)N(Cc3ccccc3)C2c2ccco2)c1. The maximum absolute atomic E-state index is 12.9. The minimum absolute atomic E-state index is 0.00543. The highest BCUT2D eigenvalue weighted by atomic mass is 16.5. The van der Waals surface area contributed by atoms with Crippen molar-refractivity contribution in [2.75, 3.05) is 7.11 Å². The van der Waals surface area contributed by atoms with Gasteiger partial charge in [0.05, 0.1) is 18.9 Å². The number of nitrogens with zero attached hydrogens (tertiary/aromatic N) is 1. The predicted octanol–water partition coefficient (Wildman–Crippen LogP) is 3.91. The van der Waals surface area contributed by atoms with E-state index in [0.29, 0.717) is 17.1 Å². The molecule has 3 aromatic rings. The van der Waals surface area contributed by atoms with Gasteiger partial charge in [-0.15, -0.1) is 0 Å². The molecule has 29 heavy (non-hydrogen) atoms. The molecule has 4 rings (SSSR count). The molecular formula is C23H19NO5. The predicted molar refractivity (Wildman–Crippen MR) is 106 cm³/mol. The normalized spacial score (nSPS) is 18.2.